The average Bonchev–Trinajstić information content (AvgIpc) is 2.50. The minimum atomic E-state index is -1.54. The van der Waals surface area contributed by atoms with Crippen molar-refractivity contribution in [3.63, 3.8) is 0 Å². The molecule has 1 fully saturated rings. The molecule has 1 heterocycles. The fourth-order valence-electron chi connectivity index (χ4n) is 2.25. The highest BCUT2D eigenvalue weighted by Gasteiger charge is 2.37. The maximum absolute atomic E-state index is 12.3. The Bertz CT molecular complexity index is 608. The van der Waals surface area contributed by atoms with E-state index in [0.29, 0.717) is 17.0 Å². The van der Waals surface area contributed by atoms with E-state index in [1.165, 1.54) is 19.1 Å². The summed E-state index contributed by atoms with van der Waals surface area (Å²) in [5.74, 6) is 1.61. The van der Waals surface area contributed by atoms with Gasteiger partial charge in [-0.3, -0.25) is 4.79 Å². The molecule has 0 aromatic heterocycles. The lowest BCUT2D eigenvalue weighted by atomic mass is 9.91. The first kappa shape index (κ1) is 18.8. The van der Waals surface area contributed by atoms with Gasteiger partial charge in [-0.05, 0) is 24.6 Å². The van der Waals surface area contributed by atoms with E-state index in [1.807, 2.05) is 11.8 Å². The molecule has 2 atom stereocenters. The second-order valence-corrected chi connectivity index (χ2v) is 8.75. The Kier molecular flexibility index (Phi) is 6.54. The number of aliphatic carboxylic acids is 1. The molecule has 1 saturated heterocycles. The van der Waals surface area contributed by atoms with Gasteiger partial charge in [-0.15, -0.1) is 0 Å². The van der Waals surface area contributed by atoms with Gasteiger partial charge in [0.05, 0.1) is 10.0 Å². The SMILES string of the molecule is CC(NC(=O)CC1CSCCS1)(C(=O)O)c1ccc(Cl)c(Cl)c1. The number of carboxylic acids is 1. The number of nitrogens with one attached hydrogen (secondary N) is 1. The van der Waals surface area contributed by atoms with Crippen LogP contribution in [0.15, 0.2) is 18.2 Å². The molecule has 8 heteroatoms. The quantitative estimate of drug-likeness (QED) is 0.798. The van der Waals surface area contributed by atoms with E-state index in [1.54, 1.807) is 17.8 Å². The molecule has 0 aliphatic carbocycles. The largest absolute Gasteiger partial charge is 0.479 e. The minimum absolute atomic E-state index is 0.223. The molecule has 4 nitrogen and oxygen atoms in total. The fraction of sp³-hybridized carbons (Fsp3) is 0.467. The summed E-state index contributed by atoms with van der Waals surface area (Å²) in [6.45, 7) is 1.45. The van der Waals surface area contributed by atoms with Crippen LogP contribution in [0.25, 0.3) is 0 Å². The maximum atomic E-state index is 12.3. The van der Waals surface area contributed by atoms with Crippen LogP contribution in [0.5, 0.6) is 0 Å². The van der Waals surface area contributed by atoms with Gasteiger partial charge in [0.25, 0.3) is 0 Å². The highest BCUT2D eigenvalue weighted by molar-refractivity contribution is 8.06. The minimum Gasteiger partial charge on any atom is -0.479 e. The molecule has 126 valence electrons. The third-order valence-corrected chi connectivity index (χ3v) is 7.20. The van der Waals surface area contributed by atoms with E-state index in [4.69, 9.17) is 23.2 Å². The molecule has 23 heavy (non-hydrogen) atoms. The first-order valence-electron chi connectivity index (χ1n) is 7.02. The zero-order valence-corrected chi connectivity index (χ0v) is 15.6. The van der Waals surface area contributed by atoms with Crippen molar-refractivity contribution in [2.24, 2.45) is 0 Å². The first-order chi connectivity index (χ1) is 10.8. The summed E-state index contributed by atoms with van der Waals surface area (Å²) in [7, 11) is 0. The number of thioether (sulfide) groups is 2. The summed E-state index contributed by atoms with van der Waals surface area (Å²) in [6, 6.07) is 4.57. The van der Waals surface area contributed by atoms with Crippen molar-refractivity contribution in [1.29, 1.82) is 0 Å². The highest BCUT2D eigenvalue weighted by Crippen LogP contribution is 2.30. The molecule has 1 aromatic rings. The third kappa shape index (κ3) is 4.72. The number of hydrogen-bond donors (Lipinski definition) is 2. The number of halogens is 2. The molecule has 2 unspecified atom stereocenters. The molecule has 1 aliphatic rings. The number of amides is 1. The van der Waals surface area contributed by atoms with Crippen molar-refractivity contribution in [1.82, 2.24) is 5.32 Å². The van der Waals surface area contributed by atoms with Gasteiger partial charge in [0.15, 0.2) is 5.54 Å². The van der Waals surface area contributed by atoms with Crippen LogP contribution in [0.3, 0.4) is 0 Å². The van der Waals surface area contributed by atoms with Crippen molar-refractivity contribution in [2.45, 2.75) is 24.1 Å². The topological polar surface area (TPSA) is 66.4 Å². The second kappa shape index (κ2) is 8.01. The zero-order valence-electron chi connectivity index (χ0n) is 12.5. The van der Waals surface area contributed by atoms with E-state index in [0.717, 1.165) is 17.3 Å². The summed E-state index contributed by atoms with van der Waals surface area (Å²) < 4.78 is 0. The molecule has 2 rings (SSSR count). The Hall–Kier alpha value is -0.560. The van der Waals surface area contributed by atoms with Gasteiger partial charge in [-0.2, -0.15) is 23.5 Å². The predicted octanol–water partition coefficient (Wildman–Crippen LogP) is 3.65. The van der Waals surface area contributed by atoms with Crippen molar-refractivity contribution in [2.75, 3.05) is 17.3 Å². The molecular weight excluding hydrogens is 377 g/mol. The molecule has 2 N–H and O–H groups in total. The van der Waals surface area contributed by atoms with E-state index < -0.39 is 11.5 Å². The lowest BCUT2D eigenvalue weighted by molar-refractivity contribution is -0.147. The molecule has 0 spiro atoms. The van der Waals surface area contributed by atoms with Crippen molar-refractivity contribution in [3.8, 4) is 0 Å². The first-order valence-corrected chi connectivity index (χ1v) is 9.98. The monoisotopic (exact) mass is 393 g/mol. The Labute approximate surface area is 153 Å². The van der Waals surface area contributed by atoms with Gasteiger partial charge in [0, 0.05) is 28.9 Å². The van der Waals surface area contributed by atoms with Gasteiger partial charge in [0.1, 0.15) is 0 Å². The lowest BCUT2D eigenvalue weighted by Gasteiger charge is -2.28. The van der Waals surface area contributed by atoms with Crippen molar-refractivity contribution in [3.05, 3.63) is 33.8 Å². The van der Waals surface area contributed by atoms with Gasteiger partial charge in [0.2, 0.25) is 5.91 Å². The van der Waals surface area contributed by atoms with Gasteiger partial charge < -0.3 is 10.4 Å². The number of hydrogen-bond acceptors (Lipinski definition) is 4. The van der Waals surface area contributed by atoms with Crippen LogP contribution >= 0.6 is 46.7 Å². The molecule has 1 aliphatic heterocycles. The van der Waals surface area contributed by atoms with E-state index in [9.17, 15) is 14.7 Å². The van der Waals surface area contributed by atoms with Crippen LogP contribution in [-0.2, 0) is 15.1 Å². The zero-order chi connectivity index (χ0) is 17.0. The van der Waals surface area contributed by atoms with Gasteiger partial charge >= 0.3 is 5.97 Å². The Balaban J connectivity index is 2.14. The molecule has 0 radical (unpaired) electrons. The molecule has 1 amide bonds. The Morgan fingerprint density at radius 3 is 2.65 bits per heavy atom. The van der Waals surface area contributed by atoms with E-state index in [2.05, 4.69) is 5.32 Å². The van der Waals surface area contributed by atoms with Crippen LogP contribution in [-0.4, -0.2) is 39.5 Å². The van der Waals surface area contributed by atoms with Crippen LogP contribution < -0.4 is 5.32 Å². The number of carboxylic acid groups (broad SMARTS) is 1. The van der Waals surface area contributed by atoms with Crippen LogP contribution in [0, 0.1) is 0 Å². The molecular formula is C15H17Cl2NO3S2. The summed E-state index contributed by atoms with van der Waals surface area (Å²) >= 11 is 15.4. The molecule has 0 bridgehead atoms. The summed E-state index contributed by atoms with van der Waals surface area (Å²) in [4.78, 5) is 24.0. The third-order valence-electron chi connectivity index (χ3n) is 3.61. The predicted molar refractivity (Wildman–Crippen MR) is 97.8 cm³/mol. The summed E-state index contributed by atoms with van der Waals surface area (Å²) in [6.07, 6.45) is 0.307. The standard InChI is InChI=1S/C15H17Cl2NO3S2/c1-15(14(20)21,9-2-3-11(16)12(17)6-9)18-13(19)7-10-8-22-4-5-23-10/h2-3,6,10H,4-5,7-8H2,1H3,(H,18,19)(H,20,21). The smallest absolute Gasteiger partial charge is 0.333 e. The maximum Gasteiger partial charge on any atom is 0.333 e. The fourth-order valence-corrected chi connectivity index (χ4v) is 5.23. The normalized spacial score (nSPS) is 20.6. The summed E-state index contributed by atoms with van der Waals surface area (Å²) in [5, 5.41) is 13.1. The second-order valence-electron chi connectivity index (χ2n) is 5.38. The van der Waals surface area contributed by atoms with Gasteiger partial charge in [-0.1, -0.05) is 29.3 Å². The number of rotatable bonds is 5. The van der Waals surface area contributed by atoms with Gasteiger partial charge in [-0.25, -0.2) is 4.79 Å². The highest BCUT2D eigenvalue weighted by atomic mass is 35.5. The van der Waals surface area contributed by atoms with Crippen molar-refractivity contribution < 1.29 is 14.7 Å². The Morgan fingerprint density at radius 1 is 1.35 bits per heavy atom. The number of carbonyl (C=O) groups excluding carboxylic acids is 1. The molecule has 1 aromatic carbocycles. The van der Waals surface area contributed by atoms with E-state index >= 15 is 0 Å². The van der Waals surface area contributed by atoms with E-state index in [-0.39, 0.29) is 16.2 Å². The van der Waals surface area contributed by atoms with Crippen LogP contribution in [0.2, 0.25) is 10.0 Å². The average molecular weight is 394 g/mol. The number of carbonyl (C=O) groups is 2. The van der Waals surface area contributed by atoms with Crippen molar-refractivity contribution >= 4 is 58.6 Å². The Morgan fingerprint density at radius 2 is 2.09 bits per heavy atom. The van der Waals surface area contributed by atoms with Crippen LogP contribution in [0.4, 0.5) is 0 Å². The number of benzene rings is 1. The lowest BCUT2D eigenvalue weighted by Crippen LogP contribution is -2.50. The van der Waals surface area contributed by atoms with Crippen LogP contribution in [0.1, 0.15) is 18.9 Å². The summed E-state index contributed by atoms with van der Waals surface area (Å²) in [5.41, 5.74) is -1.16. The molecule has 0 saturated carbocycles.